The second kappa shape index (κ2) is 8.32. The number of nitrogens with zero attached hydrogens (tertiary/aromatic N) is 2. The van der Waals surface area contributed by atoms with Crippen molar-refractivity contribution in [2.24, 2.45) is 5.10 Å². The van der Waals surface area contributed by atoms with E-state index in [4.69, 9.17) is 4.42 Å². The SMILES string of the molecule is CCc1ccc(-n2c(C)cc(/C=N/NC(=O)c3cc4cc(Br)ccc4o3)c2C)cc1. The number of nitrogens with one attached hydrogen (secondary N) is 1. The maximum atomic E-state index is 12.4. The van der Waals surface area contributed by atoms with Crippen LogP contribution < -0.4 is 5.43 Å². The summed E-state index contributed by atoms with van der Waals surface area (Å²) in [6, 6.07) is 17.9. The number of hydrogen-bond donors (Lipinski definition) is 1. The minimum absolute atomic E-state index is 0.224. The number of rotatable bonds is 5. The first kappa shape index (κ1) is 20.2. The van der Waals surface area contributed by atoms with Crippen molar-refractivity contribution in [1.82, 2.24) is 9.99 Å². The summed E-state index contributed by atoms with van der Waals surface area (Å²) in [7, 11) is 0. The van der Waals surface area contributed by atoms with E-state index in [0.29, 0.717) is 5.58 Å². The standard InChI is InChI=1S/C24H22BrN3O2/c1-4-17-5-8-21(9-6-17)28-15(2)11-19(16(28)3)14-26-27-24(29)23-13-18-12-20(25)7-10-22(18)30-23/h5-14H,4H2,1-3H3,(H,27,29)/b26-14+. The Kier molecular flexibility index (Phi) is 5.59. The molecule has 2 heterocycles. The Bertz CT molecular complexity index is 1250. The van der Waals surface area contributed by atoms with Gasteiger partial charge in [0.2, 0.25) is 0 Å². The van der Waals surface area contributed by atoms with E-state index in [-0.39, 0.29) is 11.7 Å². The predicted molar refractivity (Wildman–Crippen MR) is 124 cm³/mol. The molecule has 0 saturated heterocycles. The lowest BCUT2D eigenvalue weighted by Crippen LogP contribution is -2.16. The summed E-state index contributed by atoms with van der Waals surface area (Å²) >= 11 is 3.42. The summed E-state index contributed by atoms with van der Waals surface area (Å²) < 4.78 is 8.71. The van der Waals surface area contributed by atoms with Gasteiger partial charge in [0, 0.05) is 32.5 Å². The molecule has 0 fully saturated rings. The van der Waals surface area contributed by atoms with Gasteiger partial charge >= 0.3 is 5.91 Å². The van der Waals surface area contributed by atoms with Crippen molar-refractivity contribution < 1.29 is 9.21 Å². The van der Waals surface area contributed by atoms with Crippen LogP contribution >= 0.6 is 15.9 Å². The molecule has 0 aliphatic carbocycles. The Morgan fingerprint density at radius 2 is 1.90 bits per heavy atom. The van der Waals surface area contributed by atoms with E-state index in [2.05, 4.69) is 75.2 Å². The van der Waals surface area contributed by atoms with Gasteiger partial charge in [0.25, 0.3) is 0 Å². The molecule has 0 atom stereocenters. The maximum Gasteiger partial charge on any atom is 0.307 e. The fraction of sp³-hybridized carbons (Fsp3) is 0.167. The monoisotopic (exact) mass is 463 g/mol. The molecule has 2 aromatic heterocycles. The number of aryl methyl sites for hydroxylation is 2. The molecule has 4 rings (SSSR count). The predicted octanol–water partition coefficient (Wildman–Crippen LogP) is 5.93. The molecule has 0 aliphatic rings. The number of fused-ring (bicyclic) bond motifs is 1. The van der Waals surface area contributed by atoms with Gasteiger partial charge in [-0.25, -0.2) is 5.43 Å². The molecule has 152 valence electrons. The Balaban J connectivity index is 1.51. The van der Waals surface area contributed by atoms with E-state index in [1.807, 2.05) is 25.1 Å². The lowest BCUT2D eigenvalue weighted by atomic mass is 10.1. The number of benzene rings is 2. The van der Waals surface area contributed by atoms with Gasteiger partial charge in [-0.15, -0.1) is 0 Å². The lowest BCUT2D eigenvalue weighted by molar-refractivity contribution is 0.0929. The Morgan fingerprint density at radius 1 is 1.13 bits per heavy atom. The Hall–Kier alpha value is -3.12. The van der Waals surface area contributed by atoms with Gasteiger partial charge in [0.1, 0.15) is 5.58 Å². The molecule has 0 spiro atoms. The molecule has 30 heavy (non-hydrogen) atoms. The van der Waals surface area contributed by atoms with Crippen LogP contribution in [0.1, 0.15) is 40.0 Å². The number of hydrazone groups is 1. The Morgan fingerprint density at radius 3 is 2.63 bits per heavy atom. The van der Waals surface area contributed by atoms with Gasteiger partial charge in [-0.3, -0.25) is 4.79 Å². The van der Waals surface area contributed by atoms with Gasteiger partial charge in [0.15, 0.2) is 5.76 Å². The first-order chi connectivity index (χ1) is 14.5. The van der Waals surface area contributed by atoms with E-state index in [1.165, 1.54) is 5.56 Å². The number of aromatic nitrogens is 1. The number of furan rings is 1. The third-order valence-corrected chi connectivity index (χ3v) is 5.64. The first-order valence-corrected chi connectivity index (χ1v) is 10.6. The molecule has 0 bridgehead atoms. The van der Waals surface area contributed by atoms with Crippen LogP contribution in [0.5, 0.6) is 0 Å². The highest BCUT2D eigenvalue weighted by molar-refractivity contribution is 9.10. The smallest absolute Gasteiger partial charge is 0.307 e. The molecule has 0 aliphatic heterocycles. The highest BCUT2D eigenvalue weighted by Crippen LogP contribution is 2.23. The van der Waals surface area contributed by atoms with E-state index >= 15 is 0 Å². The molecule has 4 aromatic rings. The zero-order chi connectivity index (χ0) is 21.3. The highest BCUT2D eigenvalue weighted by Gasteiger charge is 2.13. The number of hydrogen-bond acceptors (Lipinski definition) is 3. The molecule has 0 unspecified atom stereocenters. The molecule has 1 amide bonds. The van der Waals surface area contributed by atoms with Crippen LogP contribution in [0.3, 0.4) is 0 Å². The van der Waals surface area contributed by atoms with Crippen molar-refractivity contribution >= 4 is 39.0 Å². The topological polar surface area (TPSA) is 59.5 Å². The van der Waals surface area contributed by atoms with Gasteiger partial charge in [-0.1, -0.05) is 35.0 Å². The lowest BCUT2D eigenvalue weighted by Gasteiger charge is -2.10. The highest BCUT2D eigenvalue weighted by atomic mass is 79.9. The fourth-order valence-electron chi connectivity index (χ4n) is 3.54. The fourth-order valence-corrected chi connectivity index (χ4v) is 3.92. The van der Waals surface area contributed by atoms with Crippen molar-refractivity contribution in [2.75, 3.05) is 0 Å². The average Bonchev–Trinajstić information content (AvgIpc) is 3.28. The van der Waals surface area contributed by atoms with Gasteiger partial charge < -0.3 is 8.98 Å². The summed E-state index contributed by atoms with van der Waals surface area (Å²) in [5.41, 5.74) is 8.73. The van der Waals surface area contributed by atoms with Crippen LogP contribution in [-0.2, 0) is 6.42 Å². The van der Waals surface area contributed by atoms with Crippen LogP contribution in [0.15, 0.2) is 68.6 Å². The van der Waals surface area contributed by atoms with Crippen LogP contribution in [0.4, 0.5) is 0 Å². The van der Waals surface area contributed by atoms with Crippen LogP contribution in [0.2, 0.25) is 0 Å². The van der Waals surface area contributed by atoms with Gasteiger partial charge in [-0.2, -0.15) is 5.10 Å². The molecule has 2 aromatic carbocycles. The second-order valence-corrected chi connectivity index (χ2v) is 8.09. The van der Waals surface area contributed by atoms with Crippen molar-refractivity contribution in [1.29, 1.82) is 0 Å². The molecule has 5 nitrogen and oxygen atoms in total. The molecular weight excluding hydrogens is 442 g/mol. The normalized spacial score (nSPS) is 11.5. The van der Waals surface area contributed by atoms with E-state index < -0.39 is 0 Å². The molecular formula is C24H22BrN3O2. The van der Waals surface area contributed by atoms with Crippen LogP contribution in [0.25, 0.3) is 16.7 Å². The summed E-state index contributed by atoms with van der Waals surface area (Å²) in [4.78, 5) is 12.4. The second-order valence-electron chi connectivity index (χ2n) is 7.17. The summed E-state index contributed by atoms with van der Waals surface area (Å²) in [6.45, 7) is 6.25. The van der Waals surface area contributed by atoms with E-state index in [1.54, 1.807) is 12.3 Å². The largest absolute Gasteiger partial charge is 0.451 e. The van der Waals surface area contributed by atoms with E-state index in [9.17, 15) is 4.79 Å². The summed E-state index contributed by atoms with van der Waals surface area (Å²) in [6.07, 6.45) is 2.68. The quantitative estimate of drug-likeness (QED) is 0.294. The maximum absolute atomic E-state index is 12.4. The minimum atomic E-state index is -0.387. The average molecular weight is 464 g/mol. The third kappa shape index (κ3) is 3.96. The number of amides is 1. The number of halogens is 1. The van der Waals surface area contributed by atoms with Crippen molar-refractivity contribution in [2.45, 2.75) is 27.2 Å². The van der Waals surface area contributed by atoms with Crippen LogP contribution in [0, 0.1) is 13.8 Å². The zero-order valence-corrected chi connectivity index (χ0v) is 18.7. The minimum Gasteiger partial charge on any atom is -0.451 e. The molecule has 1 N–H and O–H groups in total. The number of carbonyl (C=O) groups is 1. The zero-order valence-electron chi connectivity index (χ0n) is 17.1. The van der Waals surface area contributed by atoms with Crippen molar-refractivity contribution in [3.05, 3.63) is 87.3 Å². The van der Waals surface area contributed by atoms with Crippen molar-refractivity contribution in [3.63, 3.8) is 0 Å². The van der Waals surface area contributed by atoms with Crippen LogP contribution in [-0.4, -0.2) is 16.7 Å². The summed E-state index contributed by atoms with van der Waals surface area (Å²) in [5, 5.41) is 4.99. The molecule has 6 heteroatoms. The van der Waals surface area contributed by atoms with Crippen molar-refractivity contribution in [3.8, 4) is 5.69 Å². The Labute approximate surface area is 183 Å². The molecule has 0 radical (unpaired) electrons. The van der Waals surface area contributed by atoms with Gasteiger partial charge in [-0.05, 0) is 68.3 Å². The molecule has 0 saturated carbocycles. The summed E-state index contributed by atoms with van der Waals surface area (Å²) in [5.74, 6) is -0.163. The van der Waals surface area contributed by atoms with E-state index in [0.717, 1.165) is 38.9 Å². The first-order valence-electron chi connectivity index (χ1n) is 9.77. The number of carbonyl (C=O) groups excluding carboxylic acids is 1. The third-order valence-electron chi connectivity index (χ3n) is 5.14. The van der Waals surface area contributed by atoms with Gasteiger partial charge in [0.05, 0.1) is 6.21 Å².